The van der Waals surface area contributed by atoms with E-state index in [2.05, 4.69) is 4.74 Å². The fraction of sp³-hybridized carbons (Fsp3) is 0.857. The third-order valence-electron chi connectivity index (χ3n) is 0.711. The first-order valence-corrected chi connectivity index (χ1v) is 3.36. The Morgan fingerprint density at radius 3 is 1.70 bits per heavy atom. The number of methoxy groups -OCH3 is 1. The standard InChI is InChI=1S/C5H11NO2.C2H6/c1-5(2,6)4(7)8-3;1-2/h6H2,1-3H3;1-2H3. The van der Waals surface area contributed by atoms with E-state index in [0.717, 1.165) is 0 Å². The maximum absolute atomic E-state index is 10.5. The second-order valence-corrected chi connectivity index (χ2v) is 2.21. The molecule has 62 valence electrons. The number of rotatable bonds is 1. The van der Waals surface area contributed by atoms with Crippen LogP contribution in [0.5, 0.6) is 0 Å². The van der Waals surface area contributed by atoms with Gasteiger partial charge in [-0.25, -0.2) is 0 Å². The molecule has 0 radical (unpaired) electrons. The number of carbonyl (C=O) groups excluding carboxylic acids is 1. The second kappa shape index (κ2) is 5.23. The fourth-order valence-electron chi connectivity index (χ4n) is 0.263. The number of hydrogen-bond donors (Lipinski definition) is 1. The Bertz CT molecular complexity index is 94.3. The van der Waals surface area contributed by atoms with E-state index in [9.17, 15) is 4.79 Å². The summed E-state index contributed by atoms with van der Waals surface area (Å²) in [5.74, 6) is -0.391. The van der Waals surface area contributed by atoms with Crippen molar-refractivity contribution in [3.8, 4) is 0 Å². The Hall–Kier alpha value is -0.570. The van der Waals surface area contributed by atoms with Crippen molar-refractivity contribution in [3.05, 3.63) is 0 Å². The first-order chi connectivity index (χ1) is 4.48. The summed E-state index contributed by atoms with van der Waals surface area (Å²) < 4.78 is 4.35. The van der Waals surface area contributed by atoms with Crippen LogP contribution >= 0.6 is 0 Å². The fourth-order valence-corrected chi connectivity index (χ4v) is 0.263. The van der Waals surface area contributed by atoms with Gasteiger partial charge >= 0.3 is 5.97 Å². The predicted octanol–water partition coefficient (Wildman–Crippen LogP) is 0.923. The van der Waals surface area contributed by atoms with Gasteiger partial charge in [0.2, 0.25) is 0 Å². The molecule has 0 unspecified atom stereocenters. The van der Waals surface area contributed by atoms with Crippen molar-refractivity contribution in [2.24, 2.45) is 5.73 Å². The number of ether oxygens (including phenoxy) is 1. The zero-order valence-corrected chi connectivity index (χ0v) is 7.39. The molecule has 0 spiro atoms. The van der Waals surface area contributed by atoms with Gasteiger partial charge in [-0.05, 0) is 13.8 Å². The summed E-state index contributed by atoms with van der Waals surface area (Å²) in [6.45, 7) is 7.19. The number of nitrogens with two attached hydrogens (primary N) is 1. The molecule has 0 fully saturated rings. The Morgan fingerprint density at radius 1 is 1.40 bits per heavy atom. The van der Waals surface area contributed by atoms with Crippen LogP contribution in [0.4, 0.5) is 0 Å². The molecule has 0 heterocycles. The summed E-state index contributed by atoms with van der Waals surface area (Å²) in [4.78, 5) is 10.5. The average Bonchev–Trinajstić information content (AvgIpc) is 1.89. The van der Waals surface area contributed by atoms with Crippen molar-refractivity contribution in [2.45, 2.75) is 33.2 Å². The first-order valence-electron chi connectivity index (χ1n) is 3.36. The molecule has 0 aliphatic carbocycles. The summed E-state index contributed by atoms with van der Waals surface area (Å²) in [6, 6.07) is 0. The summed E-state index contributed by atoms with van der Waals surface area (Å²) in [5, 5.41) is 0. The third-order valence-corrected chi connectivity index (χ3v) is 0.711. The number of esters is 1. The van der Waals surface area contributed by atoms with Crippen molar-refractivity contribution in [1.82, 2.24) is 0 Å². The molecular weight excluding hydrogens is 130 g/mol. The summed E-state index contributed by atoms with van der Waals surface area (Å²) >= 11 is 0. The van der Waals surface area contributed by atoms with Crippen LogP contribution in [0, 0.1) is 0 Å². The lowest BCUT2D eigenvalue weighted by Crippen LogP contribution is -2.42. The van der Waals surface area contributed by atoms with Gasteiger partial charge in [0.25, 0.3) is 0 Å². The lowest BCUT2D eigenvalue weighted by molar-refractivity contribution is -0.145. The number of carbonyl (C=O) groups is 1. The molecule has 0 aromatic rings. The summed E-state index contributed by atoms with van der Waals surface area (Å²) in [7, 11) is 1.32. The van der Waals surface area contributed by atoms with Crippen LogP contribution in [-0.4, -0.2) is 18.6 Å². The van der Waals surface area contributed by atoms with Crippen molar-refractivity contribution in [1.29, 1.82) is 0 Å². The summed E-state index contributed by atoms with van der Waals surface area (Å²) in [5.41, 5.74) is 4.46. The molecule has 0 aromatic carbocycles. The van der Waals surface area contributed by atoms with Crippen LogP contribution < -0.4 is 5.73 Å². The van der Waals surface area contributed by atoms with Gasteiger partial charge in [-0.15, -0.1) is 0 Å². The van der Waals surface area contributed by atoms with Crippen LogP contribution in [0.2, 0.25) is 0 Å². The molecular formula is C7H17NO2. The van der Waals surface area contributed by atoms with Gasteiger partial charge in [-0.3, -0.25) is 4.79 Å². The Morgan fingerprint density at radius 2 is 1.70 bits per heavy atom. The molecule has 3 nitrogen and oxygen atoms in total. The van der Waals surface area contributed by atoms with Gasteiger partial charge in [0.15, 0.2) is 0 Å². The smallest absolute Gasteiger partial charge is 0.325 e. The quantitative estimate of drug-likeness (QED) is 0.561. The Kier molecular flexibility index (Phi) is 6.35. The molecule has 0 bridgehead atoms. The van der Waals surface area contributed by atoms with Crippen molar-refractivity contribution in [3.63, 3.8) is 0 Å². The summed E-state index contributed by atoms with van der Waals surface area (Å²) in [6.07, 6.45) is 0. The molecule has 0 saturated heterocycles. The zero-order chi connectivity index (χ0) is 8.78. The highest BCUT2D eigenvalue weighted by molar-refractivity contribution is 5.79. The van der Waals surface area contributed by atoms with E-state index in [4.69, 9.17) is 5.73 Å². The molecule has 0 aliphatic rings. The minimum absolute atomic E-state index is 0.391. The zero-order valence-electron chi connectivity index (χ0n) is 7.39. The second-order valence-electron chi connectivity index (χ2n) is 2.21. The van der Waals surface area contributed by atoms with Crippen LogP contribution in [0.25, 0.3) is 0 Å². The third kappa shape index (κ3) is 5.56. The van der Waals surface area contributed by atoms with Crippen LogP contribution in [0.3, 0.4) is 0 Å². The van der Waals surface area contributed by atoms with E-state index in [-0.39, 0.29) is 0 Å². The molecule has 0 rings (SSSR count). The molecule has 0 amide bonds. The molecule has 2 N–H and O–H groups in total. The lowest BCUT2D eigenvalue weighted by Gasteiger charge is -2.13. The monoisotopic (exact) mass is 147 g/mol. The highest BCUT2D eigenvalue weighted by Crippen LogP contribution is 1.97. The van der Waals surface area contributed by atoms with Crippen LogP contribution in [0.1, 0.15) is 27.7 Å². The van der Waals surface area contributed by atoms with Gasteiger partial charge < -0.3 is 10.5 Å². The van der Waals surface area contributed by atoms with Crippen molar-refractivity contribution >= 4 is 5.97 Å². The molecule has 3 heteroatoms. The van der Waals surface area contributed by atoms with E-state index >= 15 is 0 Å². The van der Waals surface area contributed by atoms with E-state index in [0.29, 0.717) is 0 Å². The van der Waals surface area contributed by atoms with E-state index < -0.39 is 11.5 Å². The molecule has 0 aromatic heterocycles. The van der Waals surface area contributed by atoms with E-state index in [1.807, 2.05) is 13.8 Å². The van der Waals surface area contributed by atoms with Crippen LogP contribution in [0.15, 0.2) is 0 Å². The minimum Gasteiger partial charge on any atom is -0.468 e. The highest BCUT2D eigenvalue weighted by Gasteiger charge is 2.21. The predicted molar refractivity (Wildman–Crippen MR) is 41.6 cm³/mol. The molecule has 0 aliphatic heterocycles. The largest absolute Gasteiger partial charge is 0.468 e. The molecule has 0 atom stereocenters. The van der Waals surface area contributed by atoms with Gasteiger partial charge in [0, 0.05) is 0 Å². The van der Waals surface area contributed by atoms with Crippen LogP contribution in [-0.2, 0) is 9.53 Å². The van der Waals surface area contributed by atoms with Crippen molar-refractivity contribution in [2.75, 3.05) is 7.11 Å². The lowest BCUT2D eigenvalue weighted by atomic mass is 10.1. The maximum Gasteiger partial charge on any atom is 0.325 e. The Labute approximate surface area is 62.5 Å². The Balaban J connectivity index is 0. The number of hydrogen-bond acceptors (Lipinski definition) is 3. The molecule has 0 saturated carbocycles. The van der Waals surface area contributed by atoms with Gasteiger partial charge in [-0.1, -0.05) is 13.8 Å². The topological polar surface area (TPSA) is 52.3 Å². The van der Waals surface area contributed by atoms with E-state index in [1.54, 1.807) is 13.8 Å². The molecule has 10 heavy (non-hydrogen) atoms. The van der Waals surface area contributed by atoms with Gasteiger partial charge in [-0.2, -0.15) is 0 Å². The normalized spacial score (nSPS) is 9.40. The maximum atomic E-state index is 10.5. The van der Waals surface area contributed by atoms with E-state index in [1.165, 1.54) is 7.11 Å². The average molecular weight is 147 g/mol. The van der Waals surface area contributed by atoms with Gasteiger partial charge in [0.1, 0.15) is 5.54 Å². The minimum atomic E-state index is -0.852. The first kappa shape index (κ1) is 12.1. The SMILES string of the molecule is CC.COC(=O)C(C)(C)N. The van der Waals surface area contributed by atoms with Gasteiger partial charge in [0.05, 0.1) is 7.11 Å². The van der Waals surface area contributed by atoms with Crippen molar-refractivity contribution < 1.29 is 9.53 Å². The highest BCUT2D eigenvalue weighted by atomic mass is 16.5.